The smallest absolute Gasteiger partial charge is 0.150 e. The molecule has 2 bridgehead atoms. The summed E-state index contributed by atoms with van der Waals surface area (Å²) >= 11 is 0. The van der Waals surface area contributed by atoms with Crippen LogP contribution in [0.4, 0.5) is 5.69 Å². The van der Waals surface area contributed by atoms with Gasteiger partial charge in [0, 0.05) is 16.6 Å². The van der Waals surface area contributed by atoms with E-state index in [0.717, 1.165) is 34.8 Å². The van der Waals surface area contributed by atoms with E-state index in [1.54, 1.807) is 0 Å². The summed E-state index contributed by atoms with van der Waals surface area (Å²) in [6, 6.07) is 46.2. The van der Waals surface area contributed by atoms with Gasteiger partial charge in [0.2, 0.25) is 0 Å². The number of hydrogen-bond donors (Lipinski definition) is 1. The van der Waals surface area contributed by atoms with Crippen LogP contribution in [0.5, 0.6) is 0 Å². The van der Waals surface area contributed by atoms with Crippen molar-refractivity contribution in [3.63, 3.8) is 0 Å². The van der Waals surface area contributed by atoms with Gasteiger partial charge in [-0.25, -0.2) is 0 Å². The van der Waals surface area contributed by atoms with Gasteiger partial charge in [0.15, 0.2) is 0 Å². The maximum atomic E-state index is 11.6. The first kappa shape index (κ1) is 27.3. The number of hydrogen-bond acceptors (Lipinski definition) is 2. The normalized spacial score (nSPS) is 18.2. The van der Waals surface area contributed by atoms with Crippen molar-refractivity contribution in [2.24, 2.45) is 11.8 Å². The van der Waals surface area contributed by atoms with E-state index < -0.39 is 0 Å². The molecule has 10 rings (SSSR count). The largest absolute Gasteiger partial charge is 0.398 e. The molecule has 4 aliphatic carbocycles. The molecule has 1 saturated carbocycles. The van der Waals surface area contributed by atoms with Crippen LogP contribution in [0, 0.1) is 11.8 Å². The monoisotopic (exact) mass is 581 g/mol. The molecular weight excluding hydrogens is 546 g/mol. The summed E-state index contributed by atoms with van der Waals surface area (Å²) in [5.74, 6) is 1.98. The van der Waals surface area contributed by atoms with Gasteiger partial charge in [-0.2, -0.15) is 0 Å². The van der Waals surface area contributed by atoms with Crippen molar-refractivity contribution >= 4 is 22.7 Å². The van der Waals surface area contributed by atoms with Crippen LogP contribution in [0.3, 0.4) is 0 Å². The maximum absolute atomic E-state index is 11.6. The number of aldehydes is 1. The molecule has 2 unspecified atom stereocenters. The van der Waals surface area contributed by atoms with E-state index in [1.165, 1.54) is 69.2 Å². The summed E-state index contributed by atoms with van der Waals surface area (Å²) in [6.07, 6.45) is 10.1. The molecule has 2 N–H and O–H groups in total. The highest BCUT2D eigenvalue weighted by Gasteiger charge is 2.51. The Labute approximate surface area is 264 Å². The second-order valence-corrected chi connectivity index (χ2v) is 12.6. The number of fused-ring (bicyclic) bond motifs is 13. The average Bonchev–Trinajstić information content (AvgIpc) is 3.89. The second-order valence-electron chi connectivity index (χ2n) is 12.6. The summed E-state index contributed by atoms with van der Waals surface area (Å²) in [7, 11) is 0. The van der Waals surface area contributed by atoms with Crippen molar-refractivity contribution in [1.82, 2.24) is 0 Å². The quantitative estimate of drug-likeness (QED) is 0.119. The first-order valence-electron chi connectivity index (χ1n) is 16.0. The SMILES string of the molecule is C1=CC2CCC1C2.Nc1cccc2ccccc12.O=Cc1ccc2c(c1)C1(c3ccccc3-c3ccccc31)c1ccccc1-2. The van der Waals surface area contributed by atoms with Crippen LogP contribution in [0.1, 0.15) is 51.9 Å². The van der Waals surface area contributed by atoms with Gasteiger partial charge in [-0.3, -0.25) is 4.79 Å². The third-order valence-corrected chi connectivity index (χ3v) is 10.1. The lowest BCUT2D eigenvalue weighted by Crippen LogP contribution is -2.25. The van der Waals surface area contributed by atoms with Gasteiger partial charge in [-0.15, -0.1) is 0 Å². The summed E-state index contributed by atoms with van der Waals surface area (Å²) < 4.78 is 0. The molecule has 0 radical (unpaired) electrons. The number of rotatable bonds is 1. The number of nitrogen functional groups attached to an aromatic ring is 1. The van der Waals surface area contributed by atoms with Gasteiger partial charge in [0.05, 0.1) is 5.41 Å². The zero-order valence-corrected chi connectivity index (χ0v) is 25.2. The Kier molecular flexibility index (Phi) is 6.72. The van der Waals surface area contributed by atoms with Gasteiger partial charge >= 0.3 is 0 Å². The molecule has 1 fully saturated rings. The highest BCUT2D eigenvalue weighted by molar-refractivity contribution is 5.96. The highest BCUT2D eigenvalue weighted by atomic mass is 16.1. The van der Waals surface area contributed by atoms with Gasteiger partial charge < -0.3 is 5.73 Å². The van der Waals surface area contributed by atoms with E-state index in [-0.39, 0.29) is 5.41 Å². The summed E-state index contributed by atoms with van der Waals surface area (Å²) in [6.45, 7) is 0. The average molecular weight is 582 g/mol. The number of benzene rings is 6. The summed E-state index contributed by atoms with van der Waals surface area (Å²) in [4.78, 5) is 11.6. The Balaban J connectivity index is 0.000000135. The summed E-state index contributed by atoms with van der Waals surface area (Å²) in [5, 5.41) is 2.34. The molecule has 45 heavy (non-hydrogen) atoms. The van der Waals surface area contributed by atoms with Crippen molar-refractivity contribution in [3.05, 3.63) is 173 Å². The molecule has 2 nitrogen and oxygen atoms in total. The third-order valence-electron chi connectivity index (χ3n) is 10.1. The molecule has 0 aliphatic heterocycles. The van der Waals surface area contributed by atoms with Gasteiger partial charge in [0.25, 0.3) is 0 Å². The molecular formula is C43H35NO. The summed E-state index contributed by atoms with van der Waals surface area (Å²) in [5.41, 5.74) is 17.2. The zero-order chi connectivity index (χ0) is 30.4. The molecule has 4 aliphatic rings. The van der Waals surface area contributed by atoms with E-state index in [2.05, 4.69) is 109 Å². The van der Waals surface area contributed by atoms with Gasteiger partial charge in [-0.1, -0.05) is 133 Å². The van der Waals surface area contributed by atoms with Crippen LogP contribution in [-0.2, 0) is 5.41 Å². The van der Waals surface area contributed by atoms with Crippen LogP contribution in [-0.4, -0.2) is 6.29 Å². The fourth-order valence-electron chi connectivity index (χ4n) is 8.15. The van der Waals surface area contributed by atoms with Gasteiger partial charge in [0.1, 0.15) is 6.29 Å². The predicted octanol–water partition coefficient (Wildman–Crippen LogP) is 10.2. The Morgan fingerprint density at radius 1 is 0.556 bits per heavy atom. The molecule has 0 aromatic heterocycles. The minimum absolute atomic E-state index is 0.349. The Morgan fingerprint density at radius 3 is 1.58 bits per heavy atom. The maximum Gasteiger partial charge on any atom is 0.150 e. The second kappa shape index (κ2) is 11.1. The van der Waals surface area contributed by atoms with E-state index in [4.69, 9.17) is 5.73 Å². The molecule has 0 saturated heterocycles. The van der Waals surface area contributed by atoms with Crippen LogP contribution >= 0.6 is 0 Å². The molecule has 6 aromatic rings. The number of allylic oxidation sites excluding steroid dienone is 2. The Hall–Kier alpha value is -5.21. The van der Waals surface area contributed by atoms with Crippen LogP contribution < -0.4 is 5.73 Å². The first-order valence-corrected chi connectivity index (χ1v) is 16.0. The van der Waals surface area contributed by atoms with Crippen LogP contribution in [0.25, 0.3) is 33.0 Å². The first-order chi connectivity index (χ1) is 22.2. The van der Waals surface area contributed by atoms with Crippen LogP contribution in [0.2, 0.25) is 0 Å². The van der Waals surface area contributed by atoms with E-state index in [1.807, 2.05) is 36.4 Å². The minimum Gasteiger partial charge on any atom is -0.398 e. The van der Waals surface area contributed by atoms with Crippen molar-refractivity contribution in [2.45, 2.75) is 24.7 Å². The standard InChI is InChI=1S/C26H16O.C10H9N.C7H10/c27-16-17-13-14-21-20-9-3-6-12-24(20)26(25(21)15-17)22-10-4-1-7-18(22)19-8-2-5-11-23(19)26;11-10-7-3-5-8-4-1-2-6-9(8)10;1-2-7-4-3-6(1)5-7/h1-16H;1-7H,11H2;1-2,6-7H,3-5H2. The molecule has 218 valence electrons. The highest BCUT2D eigenvalue weighted by Crippen LogP contribution is 2.62. The van der Waals surface area contributed by atoms with Crippen molar-refractivity contribution in [3.8, 4) is 22.3 Å². The molecule has 0 amide bonds. The fraction of sp³-hybridized carbons (Fsp3) is 0.140. The molecule has 0 heterocycles. The molecule has 2 heteroatoms. The Morgan fingerprint density at radius 2 is 1.07 bits per heavy atom. The number of nitrogens with two attached hydrogens (primary N) is 1. The van der Waals surface area contributed by atoms with Crippen molar-refractivity contribution in [2.75, 3.05) is 5.73 Å². The van der Waals surface area contributed by atoms with E-state index >= 15 is 0 Å². The van der Waals surface area contributed by atoms with Crippen molar-refractivity contribution < 1.29 is 4.79 Å². The molecule has 2 atom stereocenters. The number of carbonyl (C=O) groups excluding carboxylic acids is 1. The lowest BCUT2D eigenvalue weighted by Gasteiger charge is -2.30. The van der Waals surface area contributed by atoms with Crippen molar-refractivity contribution in [1.29, 1.82) is 0 Å². The van der Waals surface area contributed by atoms with E-state index in [9.17, 15) is 4.79 Å². The minimum atomic E-state index is -0.349. The number of anilines is 1. The molecule has 1 spiro atoms. The topological polar surface area (TPSA) is 43.1 Å². The lowest BCUT2D eigenvalue weighted by atomic mass is 9.70. The Bertz CT molecular complexity index is 2020. The lowest BCUT2D eigenvalue weighted by molar-refractivity contribution is 0.112. The number of carbonyl (C=O) groups is 1. The van der Waals surface area contributed by atoms with Gasteiger partial charge in [-0.05, 0) is 93.1 Å². The van der Waals surface area contributed by atoms with E-state index in [0.29, 0.717) is 0 Å². The zero-order valence-electron chi connectivity index (χ0n) is 25.2. The van der Waals surface area contributed by atoms with Crippen LogP contribution in [0.15, 0.2) is 146 Å². The third kappa shape index (κ3) is 4.36. The predicted molar refractivity (Wildman–Crippen MR) is 186 cm³/mol. The molecule has 6 aromatic carbocycles. The fourth-order valence-corrected chi connectivity index (χ4v) is 8.15.